The summed E-state index contributed by atoms with van der Waals surface area (Å²) >= 11 is 3.76. The molecule has 0 atom stereocenters. The van der Waals surface area contributed by atoms with Crippen molar-refractivity contribution in [1.29, 1.82) is 0 Å². The second-order valence-electron chi connectivity index (χ2n) is 8.85. The van der Waals surface area contributed by atoms with Crippen LogP contribution in [-0.4, -0.2) is 54.8 Å². The van der Waals surface area contributed by atoms with Gasteiger partial charge < -0.3 is 14.1 Å². The molecule has 4 aromatic heterocycles. The minimum atomic E-state index is -0.351. The predicted octanol–water partition coefficient (Wildman–Crippen LogP) is 4.83. The Morgan fingerprint density at radius 1 is 1.15 bits per heavy atom. The van der Waals surface area contributed by atoms with Gasteiger partial charge in [-0.3, -0.25) is 4.79 Å². The third-order valence-corrected chi connectivity index (χ3v) is 7.24. The lowest BCUT2D eigenvalue weighted by Crippen LogP contribution is -2.32. The normalized spacial score (nSPS) is 11.4. The van der Waals surface area contributed by atoms with E-state index in [1.165, 1.54) is 7.11 Å². The maximum Gasteiger partial charge on any atom is 0.325 e. The Bertz CT molecular complexity index is 1790. The number of carbonyl (C=O) groups is 1. The number of rotatable bonds is 8. The number of H-pyrrole nitrogens is 1. The summed E-state index contributed by atoms with van der Waals surface area (Å²) in [6.45, 7) is 2.52. The molecule has 0 fully saturated rings. The number of hydrogen-bond acceptors (Lipinski definition) is 9. The van der Waals surface area contributed by atoms with Crippen molar-refractivity contribution in [3.63, 3.8) is 0 Å². The summed E-state index contributed by atoms with van der Waals surface area (Å²) in [7, 11) is 1.39. The van der Waals surface area contributed by atoms with E-state index in [4.69, 9.17) is 9.15 Å². The lowest BCUT2D eigenvalue weighted by molar-refractivity contribution is -0.139. The number of aryl methyl sites for hydroxylation is 1. The second kappa shape index (κ2) is 10.3. The van der Waals surface area contributed by atoms with Gasteiger partial charge in [-0.1, -0.05) is 37.3 Å². The van der Waals surface area contributed by atoms with Crippen LogP contribution >= 0.6 is 15.9 Å². The molecular weight excluding hydrogens is 564 g/mol. The number of hydrogen-bond donors (Lipinski definition) is 1. The van der Waals surface area contributed by atoms with Crippen molar-refractivity contribution < 1.29 is 13.9 Å². The molecule has 4 heterocycles. The van der Waals surface area contributed by atoms with E-state index in [-0.39, 0.29) is 12.5 Å². The Kier molecular flexibility index (Phi) is 6.53. The van der Waals surface area contributed by atoms with Gasteiger partial charge >= 0.3 is 5.97 Å². The van der Waals surface area contributed by atoms with Gasteiger partial charge in [0.15, 0.2) is 5.65 Å². The fourth-order valence-corrected chi connectivity index (χ4v) is 5.15. The number of tetrazole rings is 1. The highest BCUT2D eigenvalue weighted by molar-refractivity contribution is 9.10. The molecule has 0 aliphatic carbocycles. The van der Waals surface area contributed by atoms with Gasteiger partial charge in [0.25, 0.3) is 0 Å². The molecule has 0 amide bonds. The summed E-state index contributed by atoms with van der Waals surface area (Å²) in [6, 6.07) is 17.5. The number of benzene rings is 2. The molecule has 0 unspecified atom stereocenters. The number of nitrogens with zero attached hydrogens (tertiary/aromatic N) is 7. The van der Waals surface area contributed by atoms with E-state index in [0.717, 1.165) is 55.7 Å². The van der Waals surface area contributed by atoms with E-state index < -0.39 is 0 Å². The predicted molar refractivity (Wildman–Crippen MR) is 148 cm³/mol. The van der Waals surface area contributed by atoms with Crippen LogP contribution in [0, 0.1) is 0 Å². The molecule has 1 N–H and O–H groups in total. The SMILES string of the molecule is CCc1cc(N(CC(=O)OC)Cc2ccc3oc(-c4ccccc4-c4nn[nH]n4)c(Br)c3c2)n2nccc2n1. The van der Waals surface area contributed by atoms with Crippen molar-refractivity contribution in [1.82, 2.24) is 35.2 Å². The lowest BCUT2D eigenvalue weighted by atomic mass is 10.0. The molecule has 196 valence electrons. The van der Waals surface area contributed by atoms with Crippen LogP contribution in [0.2, 0.25) is 0 Å². The standard InChI is InChI=1S/C27H23BrN8O3/c1-3-17-13-23(36-22(30-17)10-11-29-36)35(15-24(37)38-2)14-16-8-9-21-20(12-16)25(28)26(39-21)18-6-4-5-7-19(18)27-31-33-34-32-27/h4-13H,3,14-15H2,1-2H3,(H,31,32,33,34). The smallest absolute Gasteiger partial charge is 0.325 e. The number of furan rings is 1. The van der Waals surface area contributed by atoms with Crippen molar-refractivity contribution >= 4 is 44.3 Å². The van der Waals surface area contributed by atoms with E-state index in [0.29, 0.717) is 18.1 Å². The second-order valence-corrected chi connectivity index (χ2v) is 9.64. The Morgan fingerprint density at radius 3 is 2.77 bits per heavy atom. The van der Waals surface area contributed by atoms with Crippen LogP contribution in [0.15, 0.2) is 69.7 Å². The third kappa shape index (κ3) is 4.63. The zero-order chi connectivity index (χ0) is 26.9. The van der Waals surface area contributed by atoms with E-state index in [9.17, 15) is 4.79 Å². The first-order valence-corrected chi connectivity index (χ1v) is 13.0. The Hall–Kier alpha value is -4.58. The zero-order valence-electron chi connectivity index (χ0n) is 21.1. The van der Waals surface area contributed by atoms with Crippen LogP contribution in [0.25, 0.3) is 39.3 Å². The quantitative estimate of drug-likeness (QED) is 0.249. The Morgan fingerprint density at radius 2 is 2.00 bits per heavy atom. The molecule has 0 saturated heterocycles. The molecule has 0 spiro atoms. The minimum Gasteiger partial charge on any atom is -0.468 e. The van der Waals surface area contributed by atoms with Crippen molar-refractivity contribution in [2.45, 2.75) is 19.9 Å². The number of anilines is 1. The van der Waals surface area contributed by atoms with Gasteiger partial charge in [-0.2, -0.15) is 14.8 Å². The molecule has 11 nitrogen and oxygen atoms in total. The first kappa shape index (κ1) is 24.7. The molecule has 2 aromatic carbocycles. The van der Waals surface area contributed by atoms with Gasteiger partial charge in [-0.15, -0.1) is 10.2 Å². The van der Waals surface area contributed by atoms with Gasteiger partial charge in [0.1, 0.15) is 23.7 Å². The van der Waals surface area contributed by atoms with Gasteiger partial charge in [-0.25, -0.2) is 4.98 Å². The van der Waals surface area contributed by atoms with Crippen molar-refractivity contribution in [3.8, 4) is 22.7 Å². The van der Waals surface area contributed by atoms with Crippen LogP contribution < -0.4 is 4.90 Å². The molecule has 0 bridgehead atoms. The highest BCUT2D eigenvalue weighted by Gasteiger charge is 2.21. The number of fused-ring (bicyclic) bond motifs is 2. The van der Waals surface area contributed by atoms with Gasteiger partial charge in [-0.05, 0) is 45.3 Å². The van der Waals surface area contributed by atoms with Gasteiger partial charge in [0.2, 0.25) is 5.82 Å². The molecular formula is C27H23BrN8O3. The molecule has 0 radical (unpaired) electrons. The van der Waals surface area contributed by atoms with Crippen molar-refractivity contribution in [2.75, 3.05) is 18.6 Å². The van der Waals surface area contributed by atoms with E-state index >= 15 is 0 Å². The Labute approximate surface area is 230 Å². The van der Waals surface area contributed by atoms with Gasteiger partial charge in [0.05, 0.1) is 17.8 Å². The number of carbonyl (C=O) groups excluding carboxylic acids is 1. The van der Waals surface area contributed by atoms with Gasteiger partial charge in [0, 0.05) is 40.9 Å². The fourth-order valence-electron chi connectivity index (χ4n) is 4.55. The summed E-state index contributed by atoms with van der Waals surface area (Å²) in [4.78, 5) is 19.0. The molecule has 39 heavy (non-hydrogen) atoms. The summed E-state index contributed by atoms with van der Waals surface area (Å²) in [5.74, 6) is 1.55. The van der Waals surface area contributed by atoms with Crippen LogP contribution in [0.4, 0.5) is 5.82 Å². The maximum atomic E-state index is 12.4. The molecule has 6 aromatic rings. The van der Waals surface area contributed by atoms with Crippen LogP contribution in [0.5, 0.6) is 0 Å². The van der Waals surface area contributed by atoms with Crippen molar-refractivity contribution in [3.05, 3.63) is 76.5 Å². The average Bonchev–Trinajstić information content (AvgIpc) is 3.73. The number of ether oxygens (including phenoxy) is 1. The van der Waals surface area contributed by atoms with E-state index in [1.54, 1.807) is 10.7 Å². The lowest BCUT2D eigenvalue weighted by Gasteiger charge is -2.24. The molecule has 0 saturated carbocycles. The third-order valence-electron chi connectivity index (χ3n) is 6.45. The minimum absolute atomic E-state index is 0.0482. The van der Waals surface area contributed by atoms with Crippen LogP contribution in [-0.2, 0) is 22.5 Å². The topological polar surface area (TPSA) is 127 Å². The first-order chi connectivity index (χ1) is 19.1. The van der Waals surface area contributed by atoms with Crippen LogP contribution in [0.3, 0.4) is 0 Å². The summed E-state index contributed by atoms with van der Waals surface area (Å²) in [6.07, 6.45) is 2.45. The zero-order valence-corrected chi connectivity index (χ0v) is 22.7. The number of esters is 1. The maximum absolute atomic E-state index is 12.4. The summed E-state index contributed by atoms with van der Waals surface area (Å²) in [5, 5.41) is 19.8. The number of halogens is 1. The largest absolute Gasteiger partial charge is 0.468 e. The number of aromatic nitrogens is 7. The van der Waals surface area contributed by atoms with Crippen LogP contribution in [0.1, 0.15) is 18.2 Å². The highest BCUT2D eigenvalue weighted by atomic mass is 79.9. The number of nitrogens with one attached hydrogen (secondary N) is 1. The van der Waals surface area contributed by atoms with E-state index in [2.05, 4.69) is 52.7 Å². The monoisotopic (exact) mass is 586 g/mol. The summed E-state index contributed by atoms with van der Waals surface area (Å²) < 4.78 is 13.8. The average molecular weight is 587 g/mol. The Balaban J connectivity index is 1.41. The molecule has 0 aliphatic rings. The van der Waals surface area contributed by atoms with Crippen molar-refractivity contribution in [2.24, 2.45) is 0 Å². The molecule has 0 aliphatic heterocycles. The van der Waals surface area contributed by atoms with E-state index in [1.807, 2.05) is 60.4 Å². The number of methoxy groups -OCH3 is 1. The molecule has 6 rings (SSSR count). The summed E-state index contributed by atoms with van der Waals surface area (Å²) in [5.41, 5.74) is 4.95. The highest BCUT2D eigenvalue weighted by Crippen LogP contribution is 2.41. The molecule has 12 heteroatoms. The fraction of sp³-hybridized carbons (Fsp3) is 0.185. The first-order valence-electron chi connectivity index (χ1n) is 12.2. The number of aromatic amines is 1.